The van der Waals surface area contributed by atoms with Gasteiger partial charge in [-0.1, -0.05) is 6.42 Å². The molecule has 0 atom stereocenters. The predicted octanol–water partition coefficient (Wildman–Crippen LogP) is 3.76. The topological polar surface area (TPSA) is 6.48 Å². The number of nitrogens with zero attached hydrogens (tertiary/aromatic N) is 2. The average Bonchev–Trinajstić information content (AvgIpc) is 2.83. The highest BCUT2D eigenvalue weighted by Crippen LogP contribution is 2.19. The third kappa shape index (κ3) is 5.71. The maximum atomic E-state index is 2.58. The Labute approximate surface area is 115 Å². The Kier molecular flexibility index (Phi) is 6.65. The second-order valence-electron chi connectivity index (χ2n) is 7.06. The Hall–Kier alpha value is -0.0800. The van der Waals surface area contributed by atoms with Crippen molar-refractivity contribution in [2.45, 2.75) is 78.3 Å². The molecule has 0 aromatic rings. The van der Waals surface area contributed by atoms with Crippen LogP contribution in [0.5, 0.6) is 0 Å². The molecule has 2 fully saturated rings. The van der Waals surface area contributed by atoms with Crippen LogP contribution in [0.25, 0.3) is 0 Å². The van der Waals surface area contributed by atoms with Gasteiger partial charge in [0.25, 0.3) is 0 Å². The molecular formula is C16H34N2. The highest BCUT2D eigenvalue weighted by Gasteiger charge is 2.22. The minimum absolute atomic E-state index is 0.403. The third-order valence-electron chi connectivity index (χ3n) is 4.18. The lowest BCUT2D eigenvalue weighted by Crippen LogP contribution is -2.44. The summed E-state index contributed by atoms with van der Waals surface area (Å²) < 4.78 is 0. The van der Waals surface area contributed by atoms with Crippen molar-refractivity contribution in [2.24, 2.45) is 0 Å². The van der Waals surface area contributed by atoms with E-state index in [0.29, 0.717) is 5.54 Å². The minimum atomic E-state index is 0.403. The first-order valence-electron chi connectivity index (χ1n) is 7.90. The molecule has 2 aliphatic heterocycles. The van der Waals surface area contributed by atoms with Crippen molar-refractivity contribution in [3.8, 4) is 0 Å². The molecule has 2 rings (SSSR count). The summed E-state index contributed by atoms with van der Waals surface area (Å²) >= 11 is 0. The van der Waals surface area contributed by atoms with Crippen LogP contribution in [0.1, 0.15) is 66.7 Å². The maximum Gasteiger partial charge on any atom is 0.0125 e. The molecule has 0 saturated carbocycles. The van der Waals surface area contributed by atoms with Gasteiger partial charge in [0.05, 0.1) is 0 Å². The van der Waals surface area contributed by atoms with Gasteiger partial charge in [-0.05, 0) is 86.5 Å². The molecule has 18 heavy (non-hydrogen) atoms. The van der Waals surface area contributed by atoms with E-state index in [1.54, 1.807) is 0 Å². The second kappa shape index (κ2) is 7.49. The molecular weight excluding hydrogens is 220 g/mol. The standard InChI is InChI=1S/C9H19N.C7H15N/c1-9(2,3)10-7-5-4-6-8-10;1-7(2)8-5-3-4-6-8/h4-8H2,1-3H3;7H,3-6H2,1-2H3. The summed E-state index contributed by atoms with van der Waals surface area (Å²) in [5.74, 6) is 0. The molecule has 2 heteroatoms. The van der Waals surface area contributed by atoms with Gasteiger partial charge in [-0.25, -0.2) is 0 Å². The van der Waals surface area contributed by atoms with E-state index in [-0.39, 0.29) is 0 Å². The van der Waals surface area contributed by atoms with Gasteiger partial charge in [0, 0.05) is 11.6 Å². The maximum absolute atomic E-state index is 2.58. The first-order valence-corrected chi connectivity index (χ1v) is 7.90. The number of hydrogen-bond donors (Lipinski definition) is 0. The van der Waals surface area contributed by atoms with Crippen molar-refractivity contribution in [1.29, 1.82) is 0 Å². The number of hydrogen-bond acceptors (Lipinski definition) is 2. The lowest BCUT2D eigenvalue weighted by molar-refractivity contribution is 0.111. The Bertz CT molecular complexity index is 206. The van der Waals surface area contributed by atoms with Gasteiger partial charge in [0.2, 0.25) is 0 Å². The first kappa shape index (κ1) is 16.0. The SMILES string of the molecule is CC(C)(C)N1CCCCC1.CC(C)N1CCCC1. The van der Waals surface area contributed by atoms with Crippen molar-refractivity contribution in [2.75, 3.05) is 26.2 Å². The van der Waals surface area contributed by atoms with Gasteiger partial charge in [-0.15, -0.1) is 0 Å². The summed E-state index contributed by atoms with van der Waals surface area (Å²) in [6.45, 7) is 16.7. The van der Waals surface area contributed by atoms with Crippen LogP contribution in [-0.4, -0.2) is 47.6 Å². The van der Waals surface area contributed by atoms with Crippen LogP contribution in [0, 0.1) is 0 Å². The van der Waals surface area contributed by atoms with Crippen molar-refractivity contribution in [1.82, 2.24) is 9.80 Å². The fraction of sp³-hybridized carbons (Fsp3) is 1.00. The van der Waals surface area contributed by atoms with Crippen LogP contribution in [0.3, 0.4) is 0 Å². The molecule has 0 aliphatic carbocycles. The molecule has 0 radical (unpaired) electrons. The fourth-order valence-electron chi connectivity index (χ4n) is 2.82. The van der Waals surface area contributed by atoms with E-state index in [4.69, 9.17) is 0 Å². The summed E-state index contributed by atoms with van der Waals surface area (Å²) in [5.41, 5.74) is 0.403. The molecule has 2 saturated heterocycles. The van der Waals surface area contributed by atoms with E-state index in [9.17, 15) is 0 Å². The summed E-state index contributed by atoms with van der Waals surface area (Å²) in [4.78, 5) is 5.11. The molecule has 108 valence electrons. The molecule has 2 nitrogen and oxygen atoms in total. The van der Waals surface area contributed by atoms with Crippen molar-refractivity contribution in [3.63, 3.8) is 0 Å². The van der Waals surface area contributed by atoms with E-state index in [1.165, 1.54) is 58.3 Å². The van der Waals surface area contributed by atoms with Crippen LogP contribution in [0.15, 0.2) is 0 Å². The summed E-state index contributed by atoms with van der Waals surface area (Å²) in [6, 6.07) is 0.775. The zero-order valence-corrected chi connectivity index (χ0v) is 13.3. The monoisotopic (exact) mass is 254 g/mol. The van der Waals surface area contributed by atoms with E-state index in [0.717, 1.165) is 6.04 Å². The predicted molar refractivity (Wildman–Crippen MR) is 81.1 cm³/mol. The Balaban J connectivity index is 0.000000184. The van der Waals surface area contributed by atoms with Crippen LogP contribution in [0.4, 0.5) is 0 Å². The number of likely N-dealkylation sites (tertiary alicyclic amines) is 2. The van der Waals surface area contributed by atoms with E-state index < -0.39 is 0 Å². The zero-order chi connectivity index (χ0) is 13.6. The minimum Gasteiger partial charge on any atom is -0.301 e. The molecule has 0 aromatic carbocycles. The van der Waals surface area contributed by atoms with Crippen LogP contribution >= 0.6 is 0 Å². The fourth-order valence-corrected chi connectivity index (χ4v) is 2.82. The molecule has 0 unspecified atom stereocenters. The summed E-state index contributed by atoms with van der Waals surface area (Å²) in [7, 11) is 0. The lowest BCUT2D eigenvalue weighted by Gasteiger charge is -2.38. The molecule has 0 N–H and O–H groups in total. The quantitative estimate of drug-likeness (QED) is 0.703. The van der Waals surface area contributed by atoms with Crippen LogP contribution in [-0.2, 0) is 0 Å². The highest BCUT2D eigenvalue weighted by molar-refractivity contribution is 4.78. The van der Waals surface area contributed by atoms with Gasteiger partial charge >= 0.3 is 0 Å². The van der Waals surface area contributed by atoms with Crippen molar-refractivity contribution in [3.05, 3.63) is 0 Å². The largest absolute Gasteiger partial charge is 0.301 e. The first-order chi connectivity index (χ1) is 8.41. The van der Waals surface area contributed by atoms with Crippen molar-refractivity contribution >= 4 is 0 Å². The van der Waals surface area contributed by atoms with Gasteiger partial charge in [-0.2, -0.15) is 0 Å². The van der Waals surface area contributed by atoms with Gasteiger partial charge in [-0.3, -0.25) is 4.90 Å². The second-order valence-corrected chi connectivity index (χ2v) is 7.06. The molecule has 2 aliphatic rings. The third-order valence-corrected chi connectivity index (χ3v) is 4.18. The molecule has 0 aromatic heterocycles. The Morgan fingerprint density at radius 3 is 1.44 bits per heavy atom. The Morgan fingerprint density at radius 1 is 0.722 bits per heavy atom. The average molecular weight is 254 g/mol. The Morgan fingerprint density at radius 2 is 1.17 bits per heavy atom. The number of rotatable bonds is 1. The number of piperidine rings is 1. The normalized spacial score (nSPS) is 23.0. The van der Waals surface area contributed by atoms with Gasteiger partial charge < -0.3 is 4.90 Å². The van der Waals surface area contributed by atoms with E-state index in [2.05, 4.69) is 44.4 Å². The van der Waals surface area contributed by atoms with Crippen molar-refractivity contribution < 1.29 is 0 Å². The molecule has 0 bridgehead atoms. The lowest BCUT2D eigenvalue weighted by atomic mass is 10.0. The summed E-state index contributed by atoms with van der Waals surface area (Å²) in [6.07, 6.45) is 7.07. The summed E-state index contributed by atoms with van der Waals surface area (Å²) in [5, 5.41) is 0. The highest BCUT2D eigenvalue weighted by atomic mass is 15.2. The molecule has 0 spiro atoms. The van der Waals surface area contributed by atoms with E-state index in [1.807, 2.05) is 0 Å². The smallest absolute Gasteiger partial charge is 0.0125 e. The molecule has 0 amide bonds. The zero-order valence-electron chi connectivity index (χ0n) is 13.3. The van der Waals surface area contributed by atoms with E-state index >= 15 is 0 Å². The van der Waals surface area contributed by atoms with Crippen LogP contribution in [0.2, 0.25) is 0 Å². The van der Waals surface area contributed by atoms with Gasteiger partial charge in [0.1, 0.15) is 0 Å². The molecule has 2 heterocycles. The van der Waals surface area contributed by atoms with Gasteiger partial charge in [0.15, 0.2) is 0 Å². The van der Waals surface area contributed by atoms with Crippen LogP contribution < -0.4 is 0 Å².